The molecule has 0 fully saturated rings. The average molecular weight is 178 g/mol. The molecular formula is Al3Mg4. The molecule has 0 bridgehead atoms. The third kappa shape index (κ3) is 36.8. The van der Waals surface area contributed by atoms with E-state index in [1.807, 2.05) is 0 Å². The Morgan fingerprint density at radius 1 is 0.286 bits per heavy atom. The molecular weight excluding hydrogens is 178 g/mol. The quantitative estimate of drug-likeness (QED) is 0.355. The highest BCUT2D eigenvalue weighted by atomic mass is 27.0. The highest BCUT2D eigenvalue weighted by Gasteiger charge is 0.00600. The zero-order chi connectivity index (χ0) is 0. The first kappa shape index (κ1) is 61.0. The van der Waals surface area contributed by atoms with Crippen LogP contribution >= 0.6 is 0 Å². The van der Waals surface area contributed by atoms with E-state index in [-0.39, 0.29) is 144 Å². The van der Waals surface area contributed by atoms with Crippen LogP contribution in [0.4, 0.5) is 0 Å². The normalized spacial score (nSPS) is 0. The Kier molecular flexibility index (Phi) is 399. The summed E-state index contributed by atoms with van der Waals surface area (Å²) in [5.74, 6) is 0. The molecule has 0 saturated heterocycles. The molecule has 17 valence electrons. The lowest BCUT2D eigenvalue weighted by atomic mass is 24.3. The van der Waals surface area contributed by atoms with Crippen molar-refractivity contribution in [2.45, 2.75) is 0 Å². The minimum Gasteiger partial charge on any atom is 0 e. The molecule has 0 unspecified atom stereocenters. The Labute approximate surface area is 141 Å². The van der Waals surface area contributed by atoms with Gasteiger partial charge in [-0.25, -0.2) is 0 Å². The SMILES string of the molecule is [Al].[Al].[Al].[Mg].[Mg].[Mg].[Mg]. The van der Waals surface area contributed by atoms with Crippen LogP contribution in [0.1, 0.15) is 0 Å². The molecule has 17 radical (unpaired) electrons. The van der Waals surface area contributed by atoms with Gasteiger partial charge in [-0.3, -0.25) is 0 Å². The first-order chi connectivity index (χ1) is 0. The molecule has 0 heterocycles. The van der Waals surface area contributed by atoms with Gasteiger partial charge >= 0.3 is 0 Å². The molecule has 0 aromatic carbocycles. The molecule has 7 heavy (non-hydrogen) atoms. The highest BCUT2D eigenvalue weighted by Crippen LogP contribution is -0.375. The number of hydrogen-bond donors (Lipinski definition) is 0. The van der Waals surface area contributed by atoms with Crippen molar-refractivity contribution in [1.29, 1.82) is 0 Å². The van der Waals surface area contributed by atoms with Crippen LogP contribution < -0.4 is 0 Å². The van der Waals surface area contributed by atoms with Gasteiger partial charge in [0, 0.05) is 144 Å². The summed E-state index contributed by atoms with van der Waals surface area (Å²) in [6.07, 6.45) is 0. The van der Waals surface area contributed by atoms with Crippen LogP contribution in [-0.4, -0.2) is 144 Å². The molecule has 0 rings (SSSR count). The Morgan fingerprint density at radius 2 is 0.286 bits per heavy atom. The van der Waals surface area contributed by atoms with Gasteiger partial charge in [0.25, 0.3) is 0 Å². The van der Waals surface area contributed by atoms with Crippen molar-refractivity contribution in [3.05, 3.63) is 0 Å². The number of rotatable bonds is 0. The van der Waals surface area contributed by atoms with Crippen LogP contribution in [0.15, 0.2) is 0 Å². The van der Waals surface area contributed by atoms with Gasteiger partial charge in [-0.1, -0.05) is 0 Å². The van der Waals surface area contributed by atoms with Gasteiger partial charge in [-0.2, -0.15) is 0 Å². The van der Waals surface area contributed by atoms with E-state index in [1.54, 1.807) is 0 Å². The van der Waals surface area contributed by atoms with Crippen molar-refractivity contribution < 1.29 is 0 Å². The lowest BCUT2D eigenvalue weighted by Gasteiger charge is -0.00100. The monoisotopic (exact) mass is 177 g/mol. The summed E-state index contributed by atoms with van der Waals surface area (Å²) in [7, 11) is 0. The molecule has 0 aromatic rings. The molecule has 0 aromatic heterocycles. The van der Waals surface area contributed by atoms with Crippen molar-refractivity contribution >= 4 is 144 Å². The number of hydrogen-bond acceptors (Lipinski definition) is 0. The fourth-order valence-corrected chi connectivity index (χ4v) is 0. The molecule has 0 saturated carbocycles. The molecule has 0 nitrogen and oxygen atoms in total. The lowest BCUT2D eigenvalue weighted by Crippen LogP contribution is -0.382. The summed E-state index contributed by atoms with van der Waals surface area (Å²) in [5, 5.41) is 0. The van der Waals surface area contributed by atoms with Crippen molar-refractivity contribution in [3.63, 3.8) is 0 Å². The highest BCUT2D eigenvalue weighted by molar-refractivity contribution is 5.76. The molecule has 0 aliphatic rings. The minimum atomic E-state index is 0. The fraction of sp³-hybridized carbons (Fsp3) is 0. The van der Waals surface area contributed by atoms with E-state index in [0.717, 1.165) is 0 Å². The van der Waals surface area contributed by atoms with Crippen LogP contribution in [-0.2, 0) is 0 Å². The topological polar surface area (TPSA) is 0 Å². The van der Waals surface area contributed by atoms with E-state index in [2.05, 4.69) is 0 Å². The maximum Gasteiger partial charge on any atom is 0 e. The average Bonchev–Trinajstić information content (AvgIpc) is 0. The van der Waals surface area contributed by atoms with Crippen LogP contribution in [0.3, 0.4) is 0 Å². The Morgan fingerprint density at radius 3 is 0.286 bits per heavy atom. The molecule has 0 atom stereocenters. The van der Waals surface area contributed by atoms with Gasteiger partial charge in [0.2, 0.25) is 0 Å². The van der Waals surface area contributed by atoms with E-state index in [4.69, 9.17) is 0 Å². The van der Waals surface area contributed by atoms with Crippen molar-refractivity contribution in [2.24, 2.45) is 0 Å². The van der Waals surface area contributed by atoms with Crippen molar-refractivity contribution in [1.82, 2.24) is 0 Å². The summed E-state index contributed by atoms with van der Waals surface area (Å²) in [4.78, 5) is 0. The van der Waals surface area contributed by atoms with E-state index in [0.29, 0.717) is 0 Å². The van der Waals surface area contributed by atoms with Crippen LogP contribution in [0.5, 0.6) is 0 Å². The van der Waals surface area contributed by atoms with Gasteiger partial charge in [0.1, 0.15) is 0 Å². The second-order valence-electron chi connectivity index (χ2n) is 0. The first-order valence-electron chi connectivity index (χ1n) is 0. The largest absolute Gasteiger partial charge is 0 e. The molecule has 0 spiro atoms. The van der Waals surface area contributed by atoms with Crippen LogP contribution in [0, 0.1) is 0 Å². The minimum absolute atomic E-state index is 0. The smallest absolute Gasteiger partial charge is 0 e. The third-order valence-corrected chi connectivity index (χ3v) is 0. The van der Waals surface area contributed by atoms with Crippen LogP contribution in [0.25, 0.3) is 0 Å². The van der Waals surface area contributed by atoms with E-state index >= 15 is 0 Å². The Bertz CT molecular complexity index is 6.90. The maximum atomic E-state index is 0. The summed E-state index contributed by atoms with van der Waals surface area (Å²) in [5.41, 5.74) is 0. The second-order valence-corrected chi connectivity index (χ2v) is 0. The first-order valence-corrected chi connectivity index (χ1v) is 0. The van der Waals surface area contributed by atoms with E-state index < -0.39 is 0 Å². The Hall–Kier alpha value is 4.66. The Balaban J connectivity index is 0. The molecule has 7 heteroatoms. The summed E-state index contributed by atoms with van der Waals surface area (Å²) >= 11 is 0. The third-order valence-electron chi connectivity index (χ3n) is 0. The van der Waals surface area contributed by atoms with Gasteiger partial charge < -0.3 is 0 Å². The van der Waals surface area contributed by atoms with Gasteiger partial charge in [-0.15, -0.1) is 0 Å². The predicted molar refractivity (Wildman–Crippen MR) is 40.3 cm³/mol. The molecule has 0 N–H and O–H groups in total. The van der Waals surface area contributed by atoms with Gasteiger partial charge in [0.05, 0.1) is 0 Å². The molecule has 0 aliphatic heterocycles. The maximum absolute atomic E-state index is 0. The van der Waals surface area contributed by atoms with Crippen LogP contribution in [0.2, 0.25) is 0 Å². The fourth-order valence-electron chi connectivity index (χ4n) is 0. The van der Waals surface area contributed by atoms with E-state index in [1.165, 1.54) is 0 Å². The summed E-state index contributed by atoms with van der Waals surface area (Å²) < 4.78 is 0. The summed E-state index contributed by atoms with van der Waals surface area (Å²) in [6, 6.07) is 0. The molecule has 0 aliphatic carbocycles. The standard InChI is InChI=1S/3Al.4Mg. The predicted octanol–water partition coefficient (Wildman–Crippen LogP) is -2.67. The summed E-state index contributed by atoms with van der Waals surface area (Å²) in [6.45, 7) is 0. The molecule has 0 amide bonds. The zero-order valence-corrected chi connectivity index (χ0v) is 13.7. The lowest BCUT2D eigenvalue weighted by molar-refractivity contribution is 5.75. The zero-order valence-electron chi connectivity index (χ0n) is 4.56. The second kappa shape index (κ2) is 45.8. The van der Waals surface area contributed by atoms with Crippen molar-refractivity contribution in [2.75, 3.05) is 0 Å². The van der Waals surface area contributed by atoms with Crippen molar-refractivity contribution in [3.8, 4) is 0 Å². The van der Waals surface area contributed by atoms with Gasteiger partial charge in [0.15, 0.2) is 0 Å². The van der Waals surface area contributed by atoms with Gasteiger partial charge in [-0.05, 0) is 0 Å². The van der Waals surface area contributed by atoms with E-state index in [9.17, 15) is 0 Å².